The summed E-state index contributed by atoms with van der Waals surface area (Å²) in [6.07, 6.45) is 2.54. The fraction of sp³-hybridized carbons (Fsp3) is 0.727. The molecule has 0 spiro atoms. The van der Waals surface area contributed by atoms with Crippen molar-refractivity contribution in [3.05, 3.63) is 12.2 Å². The molecule has 0 aliphatic carbocycles. The van der Waals surface area contributed by atoms with E-state index in [-0.39, 0.29) is 12.5 Å². The van der Waals surface area contributed by atoms with Crippen LogP contribution in [-0.2, 0) is 4.79 Å². The van der Waals surface area contributed by atoms with Gasteiger partial charge in [-0.2, -0.15) is 11.8 Å². The van der Waals surface area contributed by atoms with Crippen LogP contribution in [0.3, 0.4) is 0 Å². The molecule has 4 nitrogen and oxygen atoms in total. The summed E-state index contributed by atoms with van der Waals surface area (Å²) in [5.41, 5.74) is 0.693. The van der Waals surface area contributed by atoms with E-state index in [9.17, 15) is 9.90 Å². The molecular formula is C11H19NO3S. The molecule has 5 heteroatoms. The molecule has 1 aliphatic heterocycles. The molecule has 1 aliphatic rings. The van der Waals surface area contributed by atoms with Gasteiger partial charge in [-0.15, -0.1) is 0 Å². The standard InChI is InChI=1S/C11H19NO3S/c1-7-9(11(14)15)5-8(13)6-12-10(7)3-4-16-2/h8-10,12-13H,1,3-6H2,2H3,(H,14,15)/t8?,9-,10+/m1/s1. The number of carboxylic acid groups (broad SMARTS) is 1. The summed E-state index contributed by atoms with van der Waals surface area (Å²) in [7, 11) is 0. The van der Waals surface area contributed by atoms with Crippen molar-refractivity contribution in [3.8, 4) is 0 Å². The van der Waals surface area contributed by atoms with Crippen molar-refractivity contribution in [3.63, 3.8) is 0 Å². The molecule has 0 radical (unpaired) electrons. The van der Waals surface area contributed by atoms with Gasteiger partial charge in [0.15, 0.2) is 0 Å². The summed E-state index contributed by atoms with van der Waals surface area (Å²) in [5.74, 6) is -0.558. The maximum atomic E-state index is 11.1. The van der Waals surface area contributed by atoms with Crippen LogP contribution in [0.4, 0.5) is 0 Å². The van der Waals surface area contributed by atoms with Crippen LogP contribution in [0.1, 0.15) is 12.8 Å². The number of aliphatic carboxylic acids is 1. The van der Waals surface area contributed by atoms with Crippen LogP contribution in [0.15, 0.2) is 12.2 Å². The first-order valence-corrected chi connectivity index (χ1v) is 6.77. The Hall–Kier alpha value is -0.520. The topological polar surface area (TPSA) is 69.6 Å². The van der Waals surface area contributed by atoms with Crippen LogP contribution in [0.2, 0.25) is 0 Å². The molecule has 1 fully saturated rings. The van der Waals surface area contributed by atoms with E-state index in [4.69, 9.17) is 5.11 Å². The second-order valence-electron chi connectivity index (χ2n) is 4.10. The number of β-amino-alcohol motifs (C(OH)–C–C–N with tert-alkyl or cyclic N) is 1. The van der Waals surface area contributed by atoms with Crippen LogP contribution < -0.4 is 5.32 Å². The average Bonchev–Trinajstić information content (AvgIpc) is 2.37. The molecule has 3 atom stereocenters. The summed E-state index contributed by atoms with van der Waals surface area (Å²) in [4.78, 5) is 11.1. The quantitative estimate of drug-likeness (QED) is 0.637. The maximum absolute atomic E-state index is 11.1. The van der Waals surface area contributed by atoms with E-state index >= 15 is 0 Å². The van der Waals surface area contributed by atoms with E-state index in [0.717, 1.165) is 12.2 Å². The zero-order valence-corrected chi connectivity index (χ0v) is 10.3. The second kappa shape index (κ2) is 6.27. The SMILES string of the molecule is C=C1[C@H](C(=O)O)CC(O)CN[C@H]1CCSC. The third kappa shape index (κ3) is 3.50. The highest BCUT2D eigenvalue weighted by Gasteiger charge is 2.31. The van der Waals surface area contributed by atoms with Crippen molar-refractivity contribution in [2.24, 2.45) is 5.92 Å². The number of carbonyl (C=O) groups is 1. The van der Waals surface area contributed by atoms with Crippen molar-refractivity contribution >= 4 is 17.7 Å². The highest BCUT2D eigenvalue weighted by molar-refractivity contribution is 7.98. The lowest BCUT2D eigenvalue weighted by Crippen LogP contribution is -2.34. The predicted molar refractivity (Wildman–Crippen MR) is 65.7 cm³/mol. The molecule has 92 valence electrons. The van der Waals surface area contributed by atoms with Crippen molar-refractivity contribution < 1.29 is 15.0 Å². The van der Waals surface area contributed by atoms with E-state index < -0.39 is 18.0 Å². The van der Waals surface area contributed by atoms with E-state index in [2.05, 4.69) is 11.9 Å². The number of nitrogens with one attached hydrogen (secondary N) is 1. The molecule has 0 saturated carbocycles. The molecule has 1 unspecified atom stereocenters. The van der Waals surface area contributed by atoms with Crippen LogP contribution in [0, 0.1) is 5.92 Å². The van der Waals surface area contributed by atoms with E-state index in [1.165, 1.54) is 0 Å². The molecule has 0 aromatic rings. The number of hydrogen-bond donors (Lipinski definition) is 3. The Kier molecular flexibility index (Phi) is 5.31. The zero-order valence-electron chi connectivity index (χ0n) is 9.48. The molecule has 1 rings (SSSR count). The summed E-state index contributed by atoms with van der Waals surface area (Å²) in [5, 5.41) is 21.9. The van der Waals surface area contributed by atoms with Gasteiger partial charge in [0.2, 0.25) is 0 Å². The van der Waals surface area contributed by atoms with Crippen molar-refractivity contribution in [2.75, 3.05) is 18.6 Å². The van der Waals surface area contributed by atoms with Crippen LogP contribution in [0.5, 0.6) is 0 Å². The summed E-state index contributed by atoms with van der Waals surface area (Å²) >= 11 is 1.72. The first kappa shape index (κ1) is 13.5. The molecule has 1 heterocycles. The Bertz CT molecular complexity index is 270. The Balaban J connectivity index is 2.71. The highest BCUT2D eigenvalue weighted by Crippen LogP contribution is 2.24. The number of hydrogen-bond acceptors (Lipinski definition) is 4. The second-order valence-corrected chi connectivity index (χ2v) is 5.08. The Morgan fingerprint density at radius 1 is 1.69 bits per heavy atom. The maximum Gasteiger partial charge on any atom is 0.310 e. The summed E-state index contributed by atoms with van der Waals surface area (Å²) in [6, 6.07) is 0.00528. The Labute approximate surface area is 100 Å². The summed E-state index contributed by atoms with van der Waals surface area (Å²) < 4.78 is 0. The summed E-state index contributed by atoms with van der Waals surface area (Å²) in [6.45, 7) is 4.33. The average molecular weight is 245 g/mol. The molecule has 0 amide bonds. The molecule has 3 N–H and O–H groups in total. The number of carboxylic acids is 1. The van der Waals surface area contributed by atoms with Crippen molar-refractivity contribution in [1.29, 1.82) is 0 Å². The van der Waals surface area contributed by atoms with Crippen molar-refractivity contribution in [2.45, 2.75) is 25.0 Å². The van der Waals surface area contributed by atoms with Gasteiger partial charge in [-0.25, -0.2) is 0 Å². The fourth-order valence-electron chi connectivity index (χ4n) is 1.94. The van der Waals surface area contributed by atoms with Crippen LogP contribution >= 0.6 is 11.8 Å². The van der Waals surface area contributed by atoms with Gasteiger partial charge in [0.1, 0.15) is 0 Å². The number of aliphatic hydroxyl groups excluding tert-OH is 1. The van der Waals surface area contributed by atoms with Crippen molar-refractivity contribution in [1.82, 2.24) is 5.32 Å². The van der Waals surface area contributed by atoms with E-state index in [1.54, 1.807) is 11.8 Å². The fourth-order valence-corrected chi connectivity index (χ4v) is 2.41. The minimum Gasteiger partial charge on any atom is -0.481 e. The smallest absolute Gasteiger partial charge is 0.310 e. The van der Waals surface area contributed by atoms with Gasteiger partial charge in [0.25, 0.3) is 0 Å². The minimum absolute atomic E-state index is 0.00528. The predicted octanol–water partition coefficient (Wildman–Crippen LogP) is 0.719. The van der Waals surface area contributed by atoms with Gasteiger partial charge in [0.05, 0.1) is 12.0 Å². The van der Waals surface area contributed by atoms with Gasteiger partial charge < -0.3 is 15.5 Å². The molecule has 16 heavy (non-hydrogen) atoms. The molecule has 0 aromatic heterocycles. The first-order chi connectivity index (χ1) is 7.56. The number of aliphatic hydroxyl groups is 1. The van der Waals surface area contributed by atoms with Gasteiger partial charge in [-0.05, 0) is 30.4 Å². The van der Waals surface area contributed by atoms with Crippen LogP contribution in [0.25, 0.3) is 0 Å². The molecular weight excluding hydrogens is 226 g/mol. The third-order valence-electron chi connectivity index (χ3n) is 2.91. The van der Waals surface area contributed by atoms with Gasteiger partial charge >= 0.3 is 5.97 Å². The van der Waals surface area contributed by atoms with Gasteiger partial charge in [-0.1, -0.05) is 6.58 Å². The normalized spacial score (nSPS) is 31.1. The Morgan fingerprint density at radius 3 is 2.94 bits per heavy atom. The van der Waals surface area contributed by atoms with Gasteiger partial charge in [-0.3, -0.25) is 4.79 Å². The minimum atomic E-state index is -0.887. The zero-order chi connectivity index (χ0) is 12.1. The third-order valence-corrected chi connectivity index (χ3v) is 3.56. The number of rotatable bonds is 4. The molecule has 0 bridgehead atoms. The molecule has 1 saturated heterocycles. The highest BCUT2D eigenvalue weighted by atomic mass is 32.2. The van der Waals surface area contributed by atoms with E-state index in [1.807, 2.05) is 6.26 Å². The lowest BCUT2D eigenvalue weighted by atomic mass is 9.90. The number of thioether (sulfide) groups is 1. The van der Waals surface area contributed by atoms with Gasteiger partial charge in [0, 0.05) is 12.6 Å². The molecule has 0 aromatic carbocycles. The van der Waals surface area contributed by atoms with Crippen LogP contribution in [-0.4, -0.2) is 46.9 Å². The lowest BCUT2D eigenvalue weighted by molar-refractivity contribution is -0.141. The first-order valence-electron chi connectivity index (χ1n) is 5.38. The lowest BCUT2D eigenvalue weighted by Gasteiger charge is -2.20. The monoisotopic (exact) mass is 245 g/mol. The largest absolute Gasteiger partial charge is 0.481 e. The van der Waals surface area contributed by atoms with E-state index in [0.29, 0.717) is 12.1 Å². The Morgan fingerprint density at radius 2 is 2.38 bits per heavy atom.